The molecule has 0 radical (unpaired) electrons. The predicted molar refractivity (Wildman–Crippen MR) is 69.3 cm³/mol. The van der Waals surface area contributed by atoms with Gasteiger partial charge in [-0.1, -0.05) is 0 Å². The maximum absolute atomic E-state index is 11.1. The number of carboxylic acids is 1. The van der Waals surface area contributed by atoms with Crippen LogP contribution in [-0.4, -0.2) is 28.3 Å². The largest absolute Gasteiger partial charge is 0.497 e. The molecular formula is C14H15NO4. The van der Waals surface area contributed by atoms with Crippen LogP contribution >= 0.6 is 0 Å². The maximum Gasteiger partial charge on any atom is 0.306 e. The Labute approximate surface area is 109 Å². The van der Waals surface area contributed by atoms with Gasteiger partial charge in [0.1, 0.15) is 5.75 Å². The van der Waals surface area contributed by atoms with E-state index in [1.165, 1.54) is 0 Å². The smallest absolute Gasteiger partial charge is 0.306 e. The number of carboxylic acid groups (broad SMARTS) is 1. The van der Waals surface area contributed by atoms with Gasteiger partial charge in [-0.2, -0.15) is 0 Å². The average Bonchev–Trinajstić information content (AvgIpc) is 2.75. The molecule has 1 aromatic carbocycles. The number of ether oxygens (including phenoxy) is 1. The van der Waals surface area contributed by atoms with Gasteiger partial charge in [0, 0.05) is 34.6 Å². The second-order valence-electron chi connectivity index (χ2n) is 4.92. The SMILES string of the molecule is COc1ccc2c3c([nH]c2c1)CC(C(=O)O)CC3O. The Balaban J connectivity index is 2.12. The van der Waals surface area contributed by atoms with E-state index in [1.54, 1.807) is 7.11 Å². The minimum atomic E-state index is -0.860. The number of aliphatic hydroxyl groups is 1. The standard InChI is InChI=1S/C14H15NO4/c1-19-8-2-3-9-10(6-8)15-11-4-7(14(17)18)5-12(16)13(9)11/h2-3,6-7,12,15-16H,4-5H2,1H3,(H,17,18). The first-order valence-corrected chi connectivity index (χ1v) is 6.19. The summed E-state index contributed by atoms with van der Waals surface area (Å²) in [6.07, 6.45) is -0.0352. The highest BCUT2D eigenvalue weighted by Gasteiger charge is 2.32. The predicted octanol–water partition coefficient (Wildman–Crippen LogP) is 1.86. The van der Waals surface area contributed by atoms with Crippen LogP contribution in [-0.2, 0) is 11.2 Å². The summed E-state index contributed by atoms with van der Waals surface area (Å²) in [5.41, 5.74) is 2.51. The van der Waals surface area contributed by atoms with Gasteiger partial charge in [0.25, 0.3) is 0 Å². The van der Waals surface area contributed by atoms with Gasteiger partial charge in [0.15, 0.2) is 0 Å². The van der Waals surface area contributed by atoms with Crippen molar-refractivity contribution in [1.82, 2.24) is 4.98 Å². The number of H-pyrrole nitrogens is 1. The van der Waals surface area contributed by atoms with E-state index < -0.39 is 18.0 Å². The molecule has 1 heterocycles. The van der Waals surface area contributed by atoms with E-state index in [4.69, 9.17) is 9.84 Å². The molecule has 0 spiro atoms. The van der Waals surface area contributed by atoms with Crippen LogP contribution in [0.2, 0.25) is 0 Å². The Hall–Kier alpha value is -2.01. The van der Waals surface area contributed by atoms with Crippen LogP contribution in [0.1, 0.15) is 23.8 Å². The van der Waals surface area contributed by atoms with E-state index in [9.17, 15) is 9.90 Å². The minimum absolute atomic E-state index is 0.265. The van der Waals surface area contributed by atoms with Crippen molar-refractivity contribution in [2.45, 2.75) is 18.9 Å². The summed E-state index contributed by atoms with van der Waals surface area (Å²) in [4.78, 5) is 14.3. The van der Waals surface area contributed by atoms with Crippen molar-refractivity contribution in [2.24, 2.45) is 5.92 Å². The van der Waals surface area contributed by atoms with Gasteiger partial charge >= 0.3 is 5.97 Å². The van der Waals surface area contributed by atoms with Gasteiger partial charge in [0.05, 0.1) is 19.1 Å². The summed E-state index contributed by atoms with van der Waals surface area (Å²) < 4.78 is 5.16. The third kappa shape index (κ3) is 1.86. The van der Waals surface area contributed by atoms with E-state index in [-0.39, 0.29) is 6.42 Å². The molecule has 2 atom stereocenters. The normalized spacial score (nSPS) is 22.2. The summed E-state index contributed by atoms with van der Waals surface area (Å²) in [5.74, 6) is -0.659. The van der Waals surface area contributed by atoms with E-state index in [2.05, 4.69) is 4.98 Å². The van der Waals surface area contributed by atoms with Crippen LogP contribution in [0.4, 0.5) is 0 Å². The molecule has 1 aliphatic carbocycles. The van der Waals surface area contributed by atoms with Crippen LogP contribution in [0, 0.1) is 5.92 Å². The zero-order valence-electron chi connectivity index (χ0n) is 10.5. The summed E-state index contributed by atoms with van der Waals surface area (Å²) in [7, 11) is 1.60. The van der Waals surface area contributed by atoms with E-state index in [0.29, 0.717) is 6.42 Å². The summed E-state index contributed by atoms with van der Waals surface area (Å²) in [6, 6.07) is 5.59. The first-order valence-electron chi connectivity index (χ1n) is 6.19. The highest BCUT2D eigenvalue weighted by Crippen LogP contribution is 2.38. The topological polar surface area (TPSA) is 82.6 Å². The van der Waals surface area contributed by atoms with Crippen molar-refractivity contribution in [3.8, 4) is 5.75 Å². The number of carbonyl (C=O) groups is 1. The number of fused-ring (bicyclic) bond motifs is 3. The van der Waals surface area contributed by atoms with Gasteiger partial charge in [0.2, 0.25) is 0 Å². The molecule has 3 N–H and O–H groups in total. The molecule has 5 nitrogen and oxygen atoms in total. The summed E-state index contributed by atoms with van der Waals surface area (Å²) in [6.45, 7) is 0. The lowest BCUT2D eigenvalue weighted by atomic mass is 9.85. The van der Waals surface area contributed by atoms with Crippen LogP contribution < -0.4 is 4.74 Å². The third-order valence-electron chi connectivity index (χ3n) is 3.77. The van der Waals surface area contributed by atoms with Gasteiger partial charge < -0.3 is 19.9 Å². The van der Waals surface area contributed by atoms with Crippen molar-refractivity contribution < 1.29 is 19.7 Å². The van der Waals surface area contributed by atoms with Crippen molar-refractivity contribution >= 4 is 16.9 Å². The molecule has 1 aromatic heterocycles. The van der Waals surface area contributed by atoms with E-state index in [0.717, 1.165) is 27.9 Å². The second-order valence-corrected chi connectivity index (χ2v) is 4.92. The number of methoxy groups -OCH3 is 1. The molecule has 0 amide bonds. The molecule has 100 valence electrons. The quantitative estimate of drug-likeness (QED) is 0.770. The molecular weight excluding hydrogens is 246 g/mol. The fourth-order valence-electron chi connectivity index (χ4n) is 2.83. The van der Waals surface area contributed by atoms with Gasteiger partial charge in [-0.15, -0.1) is 0 Å². The fraction of sp³-hybridized carbons (Fsp3) is 0.357. The first-order chi connectivity index (χ1) is 9.10. The lowest BCUT2D eigenvalue weighted by Crippen LogP contribution is -2.24. The molecule has 19 heavy (non-hydrogen) atoms. The second kappa shape index (κ2) is 4.28. The Morgan fingerprint density at radius 2 is 2.26 bits per heavy atom. The monoisotopic (exact) mass is 261 g/mol. The number of nitrogens with one attached hydrogen (secondary N) is 1. The average molecular weight is 261 g/mol. The molecule has 0 bridgehead atoms. The molecule has 5 heteroatoms. The molecule has 0 saturated carbocycles. The van der Waals surface area contributed by atoms with Gasteiger partial charge in [-0.25, -0.2) is 0 Å². The van der Waals surface area contributed by atoms with Crippen molar-refractivity contribution in [1.29, 1.82) is 0 Å². The van der Waals surface area contributed by atoms with Crippen LogP contribution in [0.5, 0.6) is 5.75 Å². The molecule has 1 aliphatic rings. The Bertz CT molecular complexity index is 646. The van der Waals surface area contributed by atoms with E-state index in [1.807, 2.05) is 18.2 Å². The number of hydrogen-bond acceptors (Lipinski definition) is 3. The highest BCUT2D eigenvalue weighted by molar-refractivity contribution is 5.87. The first kappa shape index (κ1) is 12.0. The number of rotatable bonds is 2. The lowest BCUT2D eigenvalue weighted by molar-refractivity contribution is -0.143. The third-order valence-corrected chi connectivity index (χ3v) is 3.77. The number of aliphatic hydroxyl groups excluding tert-OH is 1. The van der Waals surface area contributed by atoms with Crippen molar-refractivity contribution in [3.05, 3.63) is 29.5 Å². The maximum atomic E-state index is 11.1. The molecule has 3 rings (SSSR count). The van der Waals surface area contributed by atoms with Gasteiger partial charge in [-0.05, 0) is 18.6 Å². The number of hydrogen-bond donors (Lipinski definition) is 3. The number of aromatic nitrogens is 1. The highest BCUT2D eigenvalue weighted by atomic mass is 16.5. The molecule has 2 aromatic rings. The van der Waals surface area contributed by atoms with Crippen LogP contribution in [0.25, 0.3) is 10.9 Å². The Morgan fingerprint density at radius 3 is 2.95 bits per heavy atom. The number of benzene rings is 1. The summed E-state index contributed by atoms with van der Waals surface area (Å²) in [5, 5.41) is 20.2. The molecule has 0 aliphatic heterocycles. The van der Waals surface area contributed by atoms with Gasteiger partial charge in [-0.3, -0.25) is 4.79 Å². The zero-order chi connectivity index (χ0) is 13.6. The molecule has 0 fully saturated rings. The number of aromatic amines is 1. The summed E-state index contributed by atoms with van der Waals surface area (Å²) >= 11 is 0. The Kier molecular flexibility index (Phi) is 2.71. The lowest BCUT2D eigenvalue weighted by Gasteiger charge is -2.23. The fourth-order valence-corrected chi connectivity index (χ4v) is 2.83. The molecule has 0 saturated heterocycles. The molecule has 2 unspecified atom stereocenters. The minimum Gasteiger partial charge on any atom is -0.497 e. The number of aliphatic carboxylic acids is 1. The van der Waals surface area contributed by atoms with E-state index >= 15 is 0 Å². The zero-order valence-corrected chi connectivity index (χ0v) is 10.5. The van der Waals surface area contributed by atoms with Crippen molar-refractivity contribution in [2.75, 3.05) is 7.11 Å². The Morgan fingerprint density at radius 1 is 1.47 bits per heavy atom. The van der Waals surface area contributed by atoms with Crippen LogP contribution in [0.3, 0.4) is 0 Å². The van der Waals surface area contributed by atoms with Crippen molar-refractivity contribution in [3.63, 3.8) is 0 Å². The van der Waals surface area contributed by atoms with Crippen LogP contribution in [0.15, 0.2) is 18.2 Å².